The molecule has 7 nitrogen and oxygen atoms in total. The molecule has 0 saturated heterocycles. The van der Waals surface area contributed by atoms with Gasteiger partial charge >= 0.3 is 5.97 Å². The molecule has 2 aromatic carbocycles. The van der Waals surface area contributed by atoms with Crippen LogP contribution in [-0.2, 0) is 9.53 Å². The molecule has 1 atom stereocenters. The number of carbonyl (C=O) groups is 1. The van der Waals surface area contributed by atoms with Crippen LogP contribution in [0.5, 0.6) is 17.2 Å². The predicted octanol–water partition coefficient (Wildman–Crippen LogP) is 3.05. The molecule has 1 aliphatic rings. The number of nitrogens with one attached hydrogen (secondary N) is 1. The fourth-order valence-corrected chi connectivity index (χ4v) is 3.47. The minimum Gasteiger partial charge on any atom is -0.507 e. The molecule has 1 aliphatic heterocycles. The number of rotatable bonds is 5. The lowest BCUT2D eigenvalue weighted by Crippen LogP contribution is -2.21. The van der Waals surface area contributed by atoms with Gasteiger partial charge in [0, 0.05) is 11.3 Å². The second-order valence-electron chi connectivity index (χ2n) is 6.44. The molecule has 3 aromatic rings. The summed E-state index contributed by atoms with van der Waals surface area (Å²) in [6, 6.07) is 12.2. The molecule has 0 amide bonds. The number of hydrogen-bond acceptors (Lipinski definition) is 6. The molecule has 4 rings (SSSR count). The third-order valence-corrected chi connectivity index (χ3v) is 4.75. The zero-order valence-corrected chi connectivity index (χ0v) is 15.2. The lowest BCUT2D eigenvalue weighted by atomic mass is 9.87. The van der Waals surface area contributed by atoms with E-state index in [1.165, 1.54) is 0 Å². The fourth-order valence-electron chi connectivity index (χ4n) is 3.47. The van der Waals surface area contributed by atoms with Crippen LogP contribution in [0.3, 0.4) is 0 Å². The van der Waals surface area contributed by atoms with Crippen molar-refractivity contribution in [2.24, 2.45) is 0 Å². The highest BCUT2D eigenvalue weighted by atomic mass is 16.7. The molecule has 144 valence electrons. The number of carbonyl (C=O) groups excluding carboxylic acids is 1. The number of para-hydroxylation sites is 1. The van der Waals surface area contributed by atoms with Gasteiger partial charge in [0.05, 0.1) is 24.1 Å². The Kier molecular flexibility index (Phi) is 4.65. The lowest BCUT2D eigenvalue weighted by molar-refractivity contribution is -0.143. The molecule has 7 heteroatoms. The summed E-state index contributed by atoms with van der Waals surface area (Å²) in [5.74, 6) is -0.191. The summed E-state index contributed by atoms with van der Waals surface area (Å²) in [4.78, 5) is 27.8. The monoisotopic (exact) mass is 381 g/mol. The number of aromatic nitrogens is 1. The number of fused-ring (bicyclic) bond motifs is 2. The van der Waals surface area contributed by atoms with Crippen molar-refractivity contribution >= 4 is 16.9 Å². The molecular weight excluding hydrogens is 362 g/mol. The van der Waals surface area contributed by atoms with Crippen LogP contribution in [0.25, 0.3) is 10.9 Å². The fraction of sp³-hybridized carbons (Fsp3) is 0.238. The summed E-state index contributed by atoms with van der Waals surface area (Å²) in [6.45, 7) is 2.06. The average Bonchev–Trinajstić information content (AvgIpc) is 3.15. The number of pyridine rings is 1. The van der Waals surface area contributed by atoms with E-state index in [1.807, 2.05) is 0 Å². The van der Waals surface area contributed by atoms with Gasteiger partial charge in [0.15, 0.2) is 11.5 Å². The van der Waals surface area contributed by atoms with Crippen molar-refractivity contribution in [3.05, 3.63) is 63.9 Å². The first-order valence-corrected chi connectivity index (χ1v) is 8.97. The van der Waals surface area contributed by atoms with E-state index in [4.69, 9.17) is 14.2 Å². The molecule has 0 aliphatic carbocycles. The summed E-state index contributed by atoms with van der Waals surface area (Å²) in [7, 11) is 0. The highest BCUT2D eigenvalue weighted by Gasteiger charge is 2.28. The van der Waals surface area contributed by atoms with Gasteiger partial charge < -0.3 is 24.3 Å². The highest BCUT2D eigenvalue weighted by Crippen LogP contribution is 2.40. The topological polar surface area (TPSA) is 97.8 Å². The molecule has 0 radical (unpaired) electrons. The van der Waals surface area contributed by atoms with E-state index in [0.29, 0.717) is 28.0 Å². The highest BCUT2D eigenvalue weighted by molar-refractivity contribution is 5.86. The van der Waals surface area contributed by atoms with Gasteiger partial charge in [0.25, 0.3) is 5.56 Å². The van der Waals surface area contributed by atoms with Crippen LogP contribution < -0.4 is 15.0 Å². The second kappa shape index (κ2) is 7.26. The molecule has 28 heavy (non-hydrogen) atoms. The van der Waals surface area contributed by atoms with Crippen molar-refractivity contribution in [2.75, 3.05) is 13.4 Å². The Labute approximate surface area is 160 Å². The summed E-state index contributed by atoms with van der Waals surface area (Å²) >= 11 is 0. The van der Waals surface area contributed by atoms with Crippen LogP contribution in [0.15, 0.2) is 47.3 Å². The first-order valence-electron chi connectivity index (χ1n) is 8.97. The predicted molar refractivity (Wildman–Crippen MR) is 102 cm³/mol. The van der Waals surface area contributed by atoms with Crippen molar-refractivity contribution in [1.82, 2.24) is 4.98 Å². The van der Waals surface area contributed by atoms with Gasteiger partial charge in [-0.1, -0.05) is 18.2 Å². The third kappa shape index (κ3) is 3.15. The molecule has 0 bridgehead atoms. The van der Waals surface area contributed by atoms with Crippen molar-refractivity contribution in [2.45, 2.75) is 19.3 Å². The van der Waals surface area contributed by atoms with Crippen molar-refractivity contribution < 1.29 is 24.1 Å². The second-order valence-corrected chi connectivity index (χ2v) is 6.44. The molecule has 0 saturated carbocycles. The van der Waals surface area contributed by atoms with Crippen molar-refractivity contribution in [3.63, 3.8) is 0 Å². The molecular formula is C21H19NO6. The molecule has 0 unspecified atom stereocenters. The Bertz CT molecular complexity index is 1100. The van der Waals surface area contributed by atoms with Gasteiger partial charge in [0.1, 0.15) is 5.75 Å². The number of H-pyrrole nitrogens is 1. The molecule has 2 N–H and O–H groups in total. The van der Waals surface area contributed by atoms with Crippen LogP contribution in [0.1, 0.15) is 30.4 Å². The maximum absolute atomic E-state index is 12.8. The zero-order chi connectivity index (χ0) is 19.7. The summed E-state index contributed by atoms with van der Waals surface area (Å²) in [6.07, 6.45) is -0.0948. The standard InChI is InChI=1S/C21H19NO6/c1-2-26-18(23)10-14(12-7-8-16-17(9-12)28-11-27-16)19-20(24)13-5-3-4-6-15(13)22-21(19)25/h3-9,14H,2,10-11H2,1H3,(H2,22,24,25)/t14-/m1/s1. The summed E-state index contributed by atoms with van der Waals surface area (Å²) in [5.41, 5.74) is 0.830. The number of ether oxygens (including phenoxy) is 3. The number of aromatic hydroxyl groups is 1. The van der Waals surface area contributed by atoms with E-state index in [1.54, 1.807) is 49.4 Å². The van der Waals surface area contributed by atoms with Gasteiger partial charge in [-0.2, -0.15) is 0 Å². The van der Waals surface area contributed by atoms with E-state index in [0.717, 1.165) is 0 Å². The maximum atomic E-state index is 12.8. The normalized spacial score (nSPS) is 13.5. The Balaban J connectivity index is 1.87. The van der Waals surface area contributed by atoms with E-state index in [2.05, 4.69) is 4.98 Å². The van der Waals surface area contributed by atoms with Crippen LogP contribution >= 0.6 is 0 Å². The number of hydrogen-bond donors (Lipinski definition) is 2. The van der Waals surface area contributed by atoms with E-state index >= 15 is 0 Å². The SMILES string of the molecule is CCOC(=O)C[C@H](c1ccc2c(c1)OCO2)c1c(O)c2ccccc2[nH]c1=O. The molecule has 2 heterocycles. The van der Waals surface area contributed by atoms with Gasteiger partial charge in [-0.3, -0.25) is 9.59 Å². The van der Waals surface area contributed by atoms with Gasteiger partial charge in [-0.25, -0.2) is 0 Å². The van der Waals surface area contributed by atoms with Crippen molar-refractivity contribution in [1.29, 1.82) is 0 Å². The lowest BCUT2D eigenvalue weighted by Gasteiger charge is -2.19. The quantitative estimate of drug-likeness (QED) is 0.659. The van der Waals surface area contributed by atoms with Crippen LogP contribution in [0.4, 0.5) is 0 Å². The minimum atomic E-state index is -0.707. The first-order chi connectivity index (χ1) is 13.6. The van der Waals surface area contributed by atoms with Gasteiger partial charge in [-0.05, 0) is 36.8 Å². The minimum absolute atomic E-state index is 0.0948. The summed E-state index contributed by atoms with van der Waals surface area (Å²) in [5, 5.41) is 11.4. The third-order valence-electron chi connectivity index (χ3n) is 4.75. The smallest absolute Gasteiger partial charge is 0.306 e. The van der Waals surface area contributed by atoms with E-state index in [9.17, 15) is 14.7 Å². The number of esters is 1. The first kappa shape index (κ1) is 17.9. The molecule has 0 spiro atoms. The molecule has 1 aromatic heterocycles. The zero-order valence-electron chi connectivity index (χ0n) is 15.2. The maximum Gasteiger partial charge on any atom is 0.306 e. The van der Waals surface area contributed by atoms with Crippen molar-refractivity contribution in [3.8, 4) is 17.2 Å². The van der Waals surface area contributed by atoms with Gasteiger partial charge in [0.2, 0.25) is 6.79 Å². The van der Waals surface area contributed by atoms with Gasteiger partial charge in [-0.15, -0.1) is 0 Å². The Morgan fingerprint density at radius 2 is 2.00 bits per heavy atom. The summed E-state index contributed by atoms with van der Waals surface area (Å²) < 4.78 is 15.8. The van der Waals surface area contributed by atoms with Crippen LogP contribution in [0, 0.1) is 0 Å². The van der Waals surface area contributed by atoms with Crippen LogP contribution in [0.2, 0.25) is 0 Å². The number of benzene rings is 2. The van der Waals surface area contributed by atoms with E-state index < -0.39 is 17.4 Å². The number of aromatic amines is 1. The molecule has 0 fully saturated rings. The average molecular weight is 381 g/mol. The van der Waals surface area contributed by atoms with Crippen LogP contribution in [-0.4, -0.2) is 29.5 Å². The Morgan fingerprint density at radius 1 is 1.21 bits per heavy atom. The Morgan fingerprint density at radius 3 is 2.82 bits per heavy atom. The largest absolute Gasteiger partial charge is 0.507 e. The Hall–Kier alpha value is -3.48. The van der Waals surface area contributed by atoms with E-state index in [-0.39, 0.29) is 31.1 Å².